The Kier molecular flexibility index (Phi) is 3.43. The maximum atomic E-state index is 6.22. The highest BCUT2D eigenvalue weighted by atomic mass is 16.5. The van der Waals surface area contributed by atoms with Gasteiger partial charge in [-0.05, 0) is 68.2 Å². The molecule has 114 valence electrons. The number of hydrogen-bond acceptors (Lipinski definition) is 3. The minimum atomic E-state index is 0.440. The Morgan fingerprint density at radius 2 is 1.81 bits per heavy atom. The van der Waals surface area contributed by atoms with Crippen molar-refractivity contribution >= 4 is 0 Å². The van der Waals surface area contributed by atoms with Gasteiger partial charge in [-0.3, -0.25) is 4.90 Å². The van der Waals surface area contributed by atoms with E-state index in [1.807, 2.05) is 0 Å². The molecule has 3 unspecified atom stereocenters. The summed E-state index contributed by atoms with van der Waals surface area (Å²) >= 11 is 0. The van der Waals surface area contributed by atoms with Gasteiger partial charge in [0.05, 0.1) is 7.11 Å². The summed E-state index contributed by atoms with van der Waals surface area (Å²) in [5.41, 5.74) is 9.24. The van der Waals surface area contributed by atoms with Crippen molar-refractivity contribution in [3.05, 3.63) is 29.3 Å². The molecule has 1 aliphatic carbocycles. The van der Waals surface area contributed by atoms with Crippen LogP contribution in [0.1, 0.15) is 43.2 Å². The smallest absolute Gasteiger partial charge is 0.119 e. The van der Waals surface area contributed by atoms with Crippen LogP contribution in [0.2, 0.25) is 0 Å². The van der Waals surface area contributed by atoms with Crippen molar-refractivity contribution in [3.63, 3.8) is 0 Å². The number of rotatable bonds is 2. The Balaban J connectivity index is 1.55. The van der Waals surface area contributed by atoms with Crippen molar-refractivity contribution in [3.8, 4) is 5.75 Å². The van der Waals surface area contributed by atoms with E-state index in [0.29, 0.717) is 6.04 Å². The van der Waals surface area contributed by atoms with Crippen LogP contribution < -0.4 is 10.5 Å². The lowest BCUT2D eigenvalue weighted by Crippen LogP contribution is -2.53. The van der Waals surface area contributed by atoms with Crippen molar-refractivity contribution in [1.29, 1.82) is 0 Å². The summed E-state index contributed by atoms with van der Waals surface area (Å²) < 4.78 is 5.40. The van der Waals surface area contributed by atoms with Crippen LogP contribution in [-0.2, 0) is 12.8 Å². The number of benzene rings is 1. The Morgan fingerprint density at radius 1 is 1.05 bits per heavy atom. The maximum Gasteiger partial charge on any atom is 0.119 e. The molecule has 2 aliphatic heterocycles. The zero-order chi connectivity index (χ0) is 14.4. The molecule has 0 spiro atoms. The van der Waals surface area contributed by atoms with Crippen LogP contribution in [0.4, 0.5) is 0 Å². The molecule has 2 heterocycles. The predicted molar refractivity (Wildman–Crippen MR) is 84.7 cm³/mol. The van der Waals surface area contributed by atoms with Crippen molar-refractivity contribution in [2.45, 2.75) is 69.1 Å². The lowest BCUT2D eigenvalue weighted by atomic mass is 9.85. The number of methoxy groups -OCH3 is 1. The van der Waals surface area contributed by atoms with Crippen LogP contribution in [0.25, 0.3) is 0 Å². The highest BCUT2D eigenvalue weighted by Gasteiger charge is 2.43. The van der Waals surface area contributed by atoms with Gasteiger partial charge in [0.1, 0.15) is 5.75 Å². The molecule has 0 saturated carbocycles. The van der Waals surface area contributed by atoms with Crippen LogP contribution in [0.3, 0.4) is 0 Å². The summed E-state index contributed by atoms with van der Waals surface area (Å²) in [5, 5.41) is 0. The second-order valence-corrected chi connectivity index (χ2v) is 7.09. The van der Waals surface area contributed by atoms with E-state index < -0.39 is 0 Å². The van der Waals surface area contributed by atoms with Gasteiger partial charge in [-0.2, -0.15) is 0 Å². The molecule has 0 aromatic heterocycles. The van der Waals surface area contributed by atoms with Gasteiger partial charge >= 0.3 is 0 Å². The molecule has 3 aliphatic rings. The van der Waals surface area contributed by atoms with Gasteiger partial charge in [-0.1, -0.05) is 6.07 Å². The predicted octanol–water partition coefficient (Wildman–Crippen LogP) is 2.51. The highest BCUT2D eigenvalue weighted by molar-refractivity contribution is 5.38. The Hall–Kier alpha value is -1.06. The van der Waals surface area contributed by atoms with Crippen LogP contribution >= 0.6 is 0 Å². The largest absolute Gasteiger partial charge is 0.497 e. The van der Waals surface area contributed by atoms with Crippen LogP contribution in [0, 0.1) is 0 Å². The number of nitrogens with zero attached hydrogens (tertiary/aromatic N) is 1. The number of fused-ring (bicyclic) bond motifs is 3. The second-order valence-electron chi connectivity index (χ2n) is 7.09. The summed E-state index contributed by atoms with van der Waals surface area (Å²) in [6, 6.07) is 9.25. The molecule has 0 amide bonds. The first-order chi connectivity index (χ1) is 10.2. The average Bonchev–Trinajstić information content (AvgIpc) is 2.78. The van der Waals surface area contributed by atoms with Crippen LogP contribution in [0.5, 0.6) is 5.75 Å². The maximum absolute atomic E-state index is 6.22. The molecule has 2 saturated heterocycles. The third-order valence-electron chi connectivity index (χ3n) is 5.86. The van der Waals surface area contributed by atoms with Crippen molar-refractivity contribution in [1.82, 2.24) is 4.90 Å². The van der Waals surface area contributed by atoms with E-state index in [1.165, 1.54) is 56.1 Å². The lowest BCUT2D eigenvalue weighted by Gasteiger charge is -2.44. The Labute approximate surface area is 127 Å². The Morgan fingerprint density at radius 3 is 2.52 bits per heavy atom. The second kappa shape index (κ2) is 5.29. The SMILES string of the molecule is COc1ccc2c(c1)CC(N1C3CCC1CC(N)C3)CC2. The van der Waals surface area contributed by atoms with E-state index in [9.17, 15) is 0 Å². The number of piperidine rings is 1. The molecule has 2 bridgehead atoms. The summed E-state index contributed by atoms with van der Waals surface area (Å²) in [6.07, 6.45) is 8.85. The number of ether oxygens (including phenoxy) is 1. The highest BCUT2D eigenvalue weighted by Crippen LogP contribution is 2.40. The third-order valence-corrected chi connectivity index (χ3v) is 5.86. The van der Waals surface area contributed by atoms with Crippen molar-refractivity contribution in [2.75, 3.05) is 7.11 Å². The molecule has 21 heavy (non-hydrogen) atoms. The molecule has 3 atom stereocenters. The first-order valence-electron chi connectivity index (χ1n) is 8.43. The van der Waals surface area contributed by atoms with E-state index in [1.54, 1.807) is 7.11 Å². The summed E-state index contributed by atoms with van der Waals surface area (Å²) in [5.74, 6) is 0.998. The monoisotopic (exact) mass is 286 g/mol. The zero-order valence-corrected chi connectivity index (χ0v) is 12.9. The normalized spacial score (nSPS) is 35.5. The van der Waals surface area contributed by atoms with Gasteiger partial charge in [0.15, 0.2) is 0 Å². The van der Waals surface area contributed by atoms with E-state index in [-0.39, 0.29) is 0 Å². The number of hydrogen-bond donors (Lipinski definition) is 1. The van der Waals surface area contributed by atoms with E-state index in [4.69, 9.17) is 10.5 Å². The van der Waals surface area contributed by atoms with Gasteiger partial charge in [0.2, 0.25) is 0 Å². The van der Waals surface area contributed by atoms with E-state index in [2.05, 4.69) is 23.1 Å². The van der Waals surface area contributed by atoms with Gasteiger partial charge in [-0.15, -0.1) is 0 Å². The first-order valence-corrected chi connectivity index (χ1v) is 8.43. The van der Waals surface area contributed by atoms with Crippen LogP contribution in [-0.4, -0.2) is 36.2 Å². The van der Waals surface area contributed by atoms with Crippen LogP contribution in [0.15, 0.2) is 18.2 Å². The summed E-state index contributed by atoms with van der Waals surface area (Å²) in [6.45, 7) is 0. The minimum absolute atomic E-state index is 0.440. The van der Waals surface area contributed by atoms with Crippen molar-refractivity contribution in [2.24, 2.45) is 5.73 Å². The summed E-state index contributed by atoms with van der Waals surface area (Å²) in [4.78, 5) is 2.84. The third kappa shape index (κ3) is 2.36. The average molecular weight is 286 g/mol. The summed E-state index contributed by atoms with van der Waals surface area (Å²) in [7, 11) is 1.76. The van der Waals surface area contributed by atoms with Gasteiger partial charge in [0.25, 0.3) is 0 Å². The Bertz CT molecular complexity index is 516. The molecule has 1 aromatic carbocycles. The molecule has 0 radical (unpaired) electrons. The molecule has 2 N–H and O–H groups in total. The molecular formula is C18H26N2O. The topological polar surface area (TPSA) is 38.5 Å². The van der Waals surface area contributed by atoms with E-state index in [0.717, 1.165) is 23.9 Å². The lowest BCUT2D eigenvalue weighted by molar-refractivity contribution is 0.0699. The number of nitrogens with two attached hydrogens (primary N) is 1. The minimum Gasteiger partial charge on any atom is -0.497 e. The molecule has 1 aromatic rings. The number of aryl methyl sites for hydroxylation is 1. The van der Waals surface area contributed by atoms with Gasteiger partial charge in [-0.25, -0.2) is 0 Å². The molecule has 3 heteroatoms. The zero-order valence-electron chi connectivity index (χ0n) is 12.9. The fraction of sp³-hybridized carbons (Fsp3) is 0.667. The van der Waals surface area contributed by atoms with Crippen molar-refractivity contribution < 1.29 is 4.74 Å². The first kappa shape index (κ1) is 13.6. The molecular weight excluding hydrogens is 260 g/mol. The van der Waals surface area contributed by atoms with Gasteiger partial charge in [0, 0.05) is 24.2 Å². The quantitative estimate of drug-likeness (QED) is 0.908. The molecule has 2 fully saturated rings. The fourth-order valence-corrected chi connectivity index (χ4v) is 4.95. The standard InChI is InChI=1S/C18H26N2O/c1-21-18-7-3-12-2-4-15(8-13(12)9-18)20-16-5-6-17(20)11-14(19)10-16/h3,7,9,14-17H,2,4-6,8,10-11,19H2,1H3. The molecule has 3 nitrogen and oxygen atoms in total. The van der Waals surface area contributed by atoms with E-state index >= 15 is 0 Å². The molecule has 4 rings (SSSR count). The fourth-order valence-electron chi connectivity index (χ4n) is 4.95. The van der Waals surface area contributed by atoms with Gasteiger partial charge < -0.3 is 10.5 Å².